The second-order valence-electron chi connectivity index (χ2n) is 3.14. The van der Waals surface area contributed by atoms with Gasteiger partial charge in [-0.15, -0.1) is 0 Å². The topological polar surface area (TPSA) is 52.9 Å². The maximum absolute atomic E-state index is 11.8. The number of amides is 1. The van der Waals surface area contributed by atoms with Crippen LogP contribution in [0.1, 0.15) is 23.2 Å². The lowest BCUT2D eigenvalue weighted by Crippen LogP contribution is -2.24. The molecule has 0 aliphatic heterocycles. The molecule has 0 atom stereocenters. The molecule has 0 heterocycles. The lowest BCUT2D eigenvalue weighted by Gasteiger charge is -2.06. The Balaban J connectivity index is 2.59. The van der Waals surface area contributed by atoms with Crippen LogP contribution in [0.2, 0.25) is 0 Å². The van der Waals surface area contributed by atoms with Crippen molar-refractivity contribution < 1.29 is 4.79 Å². The Kier molecular flexibility index (Phi) is 5.77. The molecule has 16 heavy (non-hydrogen) atoms. The van der Waals surface area contributed by atoms with Crippen molar-refractivity contribution in [2.75, 3.05) is 6.54 Å². The van der Waals surface area contributed by atoms with Crippen molar-refractivity contribution in [3.8, 4) is 6.07 Å². The first-order valence-electron chi connectivity index (χ1n) is 4.75. The fraction of sp³-hybridized carbons (Fsp3) is 0.273. The van der Waals surface area contributed by atoms with Gasteiger partial charge in [-0.2, -0.15) is 5.26 Å². The van der Waals surface area contributed by atoms with E-state index >= 15 is 0 Å². The predicted molar refractivity (Wildman–Crippen MR) is 74.0 cm³/mol. The summed E-state index contributed by atoms with van der Waals surface area (Å²) in [6.45, 7) is 0.532. The van der Waals surface area contributed by atoms with Crippen LogP contribution in [0.25, 0.3) is 0 Å². The molecule has 0 aliphatic carbocycles. The molecule has 0 spiro atoms. The van der Waals surface area contributed by atoms with E-state index in [2.05, 4.69) is 43.8 Å². The Labute approximate surface area is 116 Å². The summed E-state index contributed by atoms with van der Waals surface area (Å²) < 4.78 is 1.80. The minimum atomic E-state index is -0.108. The maximum Gasteiger partial charge on any atom is 0.252 e. The highest BCUT2D eigenvalue weighted by Crippen LogP contribution is 2.19. The molecule has 5 heteroatoms. The molecule has 0 bridgehead atoms. The normalized spacial score (nSPS) is 9.56. The molecular weight excluding hydrogens is 383 g/mol. The first-order valence-corrected chi connectivity index (χ1v) is 6.62. The molecule has 1 rings (SSSR count). The minimum absolute atomic E-state index is 0.108. The number of hydrogen-bond acceptors (Lipinski definition) is 2. The van der Waals surface area contributed by atoms with Crippen LogP contribution in [-0.4, -0.2) is 12.5 Å². The number of benzene rings is 1. The highest BCUT2D eigenvalue weighted by Gasteiger charge is 2.09. The fourth-order valence-corrected chi connectivity index (χ4v) is 2.05. The summed E-state index contributed by atoms with van der Waals surface area (Å²) in [6.07, 6.45) is 1.15. The zero-order chi connectivity index (χ0) is 12.0. The Morgan fingerprint density at radius 3 is 3.00 bits per heavy atom. The van der Waals surface area contributed by atoms with Gasteiger partial charge in [0, 0.05) is 21.0 Å². The Bertz CT molecular complexity index is 428. The summed E-state index contributed by atoms with van der Waals surface area (Å²) in [5, 5.41) is 11.1. The molecule has 0 fully saturated rings. The standard InChI is InChI=1S/C11H10BrIN2O/c12-10-4-3-8(13)7-9(10)11(16)15-6-2-1-5-14/h3-4,7H,1-2,6H2,(H,15,16). The monoisotopic (exact) mass is 392 g/mol. The van der Waals surface area contributed by atoms with E-state index in [0.29, 0.717) is 24.9 Å². The smallest absolute Gasteiger partial charge is 0.252 e. The molecule has 1 aromatic carbocycles. The lowest BCUT2D eigenvalue weighted by molar-refractivity contribution is 0.0952. The molecule has 0 saturated heterocycles. The second-order valence-corrected chi connectivity index (χ2v) is 5.24. The van der Waals surface area contributed by atoms with Gasteiger partial charge in [-0.3, -0.25) is 4.79 Å². The SMILES string of the molecule is N#CCCCNC(=O)c1cc(I)ccc1Br. The molecule has 0 saturated carbocycles. The van der Waals surface area contributed by atoms with Gasteiger partial charge in [-0.25, -0.2) is 0 Å². The van der Waals surface area contributed by atoms with Crippen molar-refractivity contribution in [2.24, 2.45) is 0 Å². The van der Waals surface area contributed by atoms with Gasteiger partial charge in [0.05, 0.1) is 11.6 Å². The van der Waals surface area contributed by atoms with Gasteiger partial charge < -0.3 is 5.32 Å². The first-order chi connectivity index (χ1) is 7.65. The summed E-state index contributed by atoms with van der Waals surface area (Å²) in [7, 11) is 0. The molecule has 1 N–H and O–H groups in total. The number of hydrogen-bond donors (Lipinski definition) is 1. The molecule has 0 aliphatic rings. The molecule has 1 aromatic rings. The van der Waals surface area contributed by atoms with Gasteiger partial charge in [-0.1, -0.05) is 0 Å². The van der Waals surface area contributed by atoms with Crippen LogP contribution < -0.4 is 5.32 Å². The number of carbonyl (C=O) groups excluding carboxylic acids is 1. The van der Waals surface area contributed by atoms with Crippen LogP contribution in [0.4, 0.5) is 0 Å². The van der Waals surface area contributed by atoms with E-state index in [1.807, 2.05) is 24.3 Å². The number of nitriles is 1. The molecular formula is C11H10BrIN2O. The highest BCUT2D eigenvalue weighted by atomic mass is 127. The van der Waals surface area contributed by atoms with E-state index in [1.165, 1.54) is 0 Å². The number of rotatable bonds is 4. The van der Waals surface area contributed by atoms with Crippen molar-refractivity contribution in [1.29, 1.82) is 5.26 Å². The second kappa shape index (κ2) is 6.86. The number of unbranched alkanes of at least 4 members (excludes halogenated alkanes) is 1. The van der Waals surface area contributed by atoms with E-state index in [0.717, 1.165) is 8.04 Å². The van der Waals surface area contributed by atoms with Gasteiger partial charge in [0.25, 0.3) is 5.91 Å². The molecule has 84 valence electrons. The van der Waals surface area contributed by atoms with Crippen molar-refractivity contribution in [1.82, 2.24) is 5.32 Å². The Morgan fingerprint density at radius 1 is 1.56 bits per heavy atom. The van der Waals surface area contributed by atoms with Gasteiger partial charge in [0.15, 0.2) is 0 Å². The average Bonchev–Trinajstić information content (AvgIpc) is 2.27. The predicted octanol–water partition coefficient (Wildman–Crippen LogP) is 3.09. The van der Waals surface area contributed by atoms with Crippen LogP contribution >= 0.6 is 38.5 Å². The minimum Gasteiger partial charge on any atom is -0.352 e. The molecule has 0 radical (unpaired) electrons. The zero-order valence-corrected chi connectivity index (χ0v) is 12.2. The number of carbonyl (C=O) groups is 1. The molecule has 0 aromatic heterocycles. The lowest BCUT2D eigenvalue weighted by atomic mass is 10.2. The van der Waals surface area contributed by atoms with Gasteiger partial charge in [0.2, 0.25) is 0 Å². The summed E-state index contributed by atoms with van der Waals surface area (Å²) >= 11 is 5.50. The summed E-state index contributed by atoms with van der Waals surface area (Å²) in [4.78, 5) is 11.8. The average molecular weight is 393 g/mol. The van der Waals surface area contributed by atoms with Crippen LogP contribution in [0.5, 0.6) is 0 Å². The third-order valence-corrected chi connectivity index (χ3v) is 3.29. The highest BCUT2D eigenvalue weighted by molar-refractivity contribution is 14.1. The molecule has 3 nitrogen and oxygen atoms in total. The number of nitrogens with one attached hydrogen (secondary N) is 1. The van der Waals surface area contributed by atoms with Crippen LogP contribution in [0.3, 0.4) is 0 Å². The molecule has 1 amide bonds. The van der Waals surface area contributed by atoms with E-state index in [1.54, 1.807) is 0 Å². The van der Waals surface area contributed by atoms with Crippen molar-refractivity contribution in [2.45, 2.75) is 12.8 Å². The largest absolute Gasteiger partial charge is 0.352 e. The molecule has 0 unspecified atom stereocenters. The fourth-order valence-electron chi connectivity index (χ4n) is 1.14. The van der Waals surface area contributed by atoms with E-state index < -0.39 is 0 Å². The van der Waals surface area contributed by atoms with Gasteiger partial charge in [0.1, 0.15) is 0 Å². The van der Waals surface area contributed by atoms with E-state index in [9.17, 15) is 4.79 Å². The number of nitrogens with zero attached hydrogens (tertiary/aromatic N) is 1. The van der Waals surface area contributed by atoms with Crippen molar-refractivity contribution in [3.05, 3.63) is 31.8 Å². The summed E-state index contributed by atoms with van der Waals surface area (Å²) in [6, 6.07) is 7.64. The number of halogens is 2. The Morgan fingerprint density at radius 2 is 2.31 bits per heavy atom. The van der Waals surface area contributed by atoms with Crippen molar-refractivity contribution >= 4 is 44.4 Å². The van der Waals surface area contributed by atoms with Crippen LogP contribution in [0.15, 0.2) is 22.7 Å². The van der Waals surface area contributed by atoms with Crippen LogP contribution in [0, 0.1) is 14.9 Å². The van der Waals surface area contributed by atoms with Gasteiger partial charge in [-0.05, 0) is 63.1 Å². The quantitative estimate of drug-likeness (QED) is 0.632. The van der Waals surface area contributed by atoms with E-state index in [4.69, 9.17) is 5.26 Å². The third kappa shape index (κ3) is 4.10. The summed E-state index contributed by atoms with van der Waals surface area (Å²) in [5.41, 5.74) is 0.629. The van der Waals surface area contributed by atoms with Gasteiger partial charge >= 0.3 is 0 Å². The van der Waals surface area contributed by atoms with Crippen LogP contribution in [-0.2, 0) is 0 Å². The Hall–Kier alpha value is -0.610. The maximum atomic E-state index is 11.8. The zero-order valence-electron chi connectivity index (χ0n) is 8.46. The third-order valence-electron chi connectivity index (χ3n) is 1.92. The first kappa shape index (κ1) is 13.5. The van der Waals surface area contributed by atoms with E-state index in [-0.39, 0.29) is 5.91 Å². The van der Waals surface area contributed by atoms with Crippen molar-refractivity contribution in [3.63, 3.8) is 0 Å². The summed E-state index contributed by atoms with van der Waals surface area (Å²) in [5.74, 6) is -0.108.